The minimum absolute atomic E-state index is 0.120. The number of aliphatic hydroxyl groups excluding tert-OH is 1. The van der Waals surface area contributed by atoms with Gasteiger partial charge in [-0.15, -0.1) is 11.3 Å². The van der Waals surface area contributed by atoms with E-state index >= 15 is 0 Å². The van der Waals surface area contributed by atoms with E-state index in [2.05, 4.69) is 27.4 Å². The monoisotopic (exact) mass is 487 g/mol. The molecule has 2 aromatic carbocycles. The summed E-state index contributed by atoms with van der Waals surface area (Å²) in [7, 11) is 1.68. The second kappa shape index (κ2) is 9.77. The standard InChI is InChI=1S/C27H25N3O4S/c1-16-19(18(9-10-28-16)26-12-21-23(33-2)6-4-8-25(21)35-26)11-17(32)14-34-24-7-3-5-22-20(24)13-27(30-22)29-15-31/h3-10,12-13,15,17,30,32H,11,14H2,1-2H3,(H,29,31)/t17-/m1/s1. The molecule has 0 unspecified atom stereocenters. The number of carbonyl (C=O) groups is 1. The molecule has 1 atom stereocenters. The summed E-state index contributed by atoms with van der Waals surface area (Å²) in [5.41, 5.74) is 3.76. The van der Waals surface area contributed by atoms with Crippen LogP contribution in [0.15, 0.2) is 60.8 Å². The van der Waals surface area contributed by atoms with Gasteiger partial charge in [-0.1, -0.05) is 12.1 Å². The minimum Gasteiger partial charge on any atom is -0.496 e. The van der Waals surface area contributed by atoms with Crippen LogP contribution in [0.25, 0.3) is 31.4 Å². The van der Waals surface area contributed by atoms with Crippen molar-refractivity contribution in [2.75, 3.05) is 19.0 Å². The summed E-state index contributed by atoms with van der Waals surface area (Å²) >= 11 is 1.69. The second-order valence-electron chi connectivity index (χ2n) is 8.24. The molecule has 178 valence electrons. The highest BCUT2D eigenvalue weighted by atomic mass is 32.1. The van der Waals surface area contributed by atoms with Gasteiger partial charge in [-0.25, -0.2) is 0 Å². The number of anilines is 1. The first-order chi connectivity index (χ1) is 17.1. The largest absolute Gasteiger partial charge is 0.496 e. The summed E-state index contributed by atoms with van der Waals surface area (Å²) in [6.45, 7) is 2.08. The molecule has 0 spiro atoms. The molecule has 0 aliphatic heterocycles. The molecule has 0 bridgehead atoms. The van der Waals surface area contributed by atoms with Crippen molar-refractivity contribution in [3.05, 3.63) is 72.1 Å². The molecule has 3 heterocycles. The number of rotatable bonds is 9. The Morgan fingerprint density at radius 2 is 1.97 bits per heavy atom. The number of thiophene rings is 1. The van der Waals surface area contributed by atoms with Crippen LogP contribution in [-0.4, -0.2) is 41.3 Å². The number of H-pyrrole nitrogens is 1. The van der Waals surface area contributed by atoms with Crippen molar-refractivity contribution < 1.29 is 19.4 Å². The number of aliphatic hydroxyl groups is 1. The molecule has 35 heavy (non-hydrogen) atoms. The first-order valence-corrected chi connectivity index (χ1v) is 12.0. The van der Waals surface area contributed by atoms with Gasteiger partial charge in [-0.2, -0.15) is 0 Å². The SMILES string of the molecule is COc1cccc2sc(-c3ccnc(C)c3C[C@@H](O)COc3cccc4[nH]c(NC=O)cc34)cc12. The van der Waals surface area contributed by atoms with Gasteiger partial charge >= 0.3 is 0 Å². The van der Waals surface area contributed by atoms with E-state index in [1.54, 1.807) is 24.6 Å². The van der Waals surface area contributed by atoms with Crippen molar-refractivity contribution in [2.45, 2.75) is 19.4 Å². The zero-order valence-electron chi connectivity index (χ0n) is 19.4. The van der Waals surface area contributed by atoms with Crippen LogP contribution in [0.3, 0.4) is 0 Å². The second-order valence-corrected chi connectivity index (χ2v) is 9.32. The summed E-state index contributed by atoms with van der Waals surface area (Å²) in [6, 6.07) is 17.6. The number of nitrogens with zero attached hydrogens (tertiary/aromatic N) is 1. The van der Waals surface area contributed by atoms with Gasteiger partial charge in [0.2, 0.25) is 6.41 Å². The number of aryl methyl sites for hydroxylation is 1. The molecule has 7 nitrogen and oxygen atoms in total. The number of benzene rings is 2. The number of aromatic amines is 1. The Bertz CT molecular complexity index is 1510. The number of amides is 1. The molecular weight excluding hydrogens is 462 g/mol. The average molecular weight is 488 g/mol. The molecule has 3 N–H and O–H groups in total. The van der Waals surface area contributed by atoms with Gasteiger partial charge in [0.1, 0.15) is 23.9 Å². The van der Waals surface area contributed by atoms with E-state index in [-0.39, 0.29) is 6.61 Å². The highest BCUT2D eigenvalue weighted by Gasteiger charge is 2.17. The molecule has 1 amide bonds. The lowest BCUT2D eigenvalue weighted by Crippen LogP contribution is -2.21. The third kappa shape index (κ3) is 4.58. The Labute approximate surface area is 206 Å². The summed E-state index contributed by atoms with van der Waals surface area (Å²) in [6.07, 6.45) is 2.09. The van der Waals surface area contributed by atoms with Crippen molar-refractivity contribution in [1.29, 1.82) is 0 Å². The number of nitrogens with one attached hydrogen (secondary N) is 2. The van der Waals surface area contributed by atoms with Crippen molar-refractivity contribution in [3.8, 4) is 21.9 Å². The predicted molar refractivity (Wildman–Crippen MR) is 140 cm³/mol. The molecule has 0 fully saturated rings. The summed E-state index contributed by atoms with van der Waals surface area (Å²) in [5, 5.41) is 15.4. The number of carbonyl (C=O) groups excluding carboxylic acids is 1. The van der Waals surface area contributed by atoms with Gasteiger partial charge in [-0.3, -0.25) is 9.78 Å². The molecule has 0 aliphatic rings. The fraction of sp³-hybridized carbons (Fsp3) is 0.185. The van der Waals surface area contributed by atoms with Crippen LogP contribution in [0.1, 0.15) is 11.3 Å². The van der Waals surface area contributed by atoms with E-state index in [1.807, 2.05) is 49.4 Å². The summed E-state index contributed by atoms with van der Waals surface area (Å²) < 4.78 is 12.7. The number of hydrogen-bond donors (Lipinski definition) is 3. The van der Waals surface area contributed by atoms with E-state index < -0.39 is 6.10 Å². The van der Waals surface area contributed by atoms with Gasteiger partial charge in [0.05, 0.1) is 18.7 Å². The van der Waals surface area contributed by atoms with E-state index in [1.165, 1.54) is 0 Å². The van der Waals surface area contributed by atoms with Crippen LogP contribution in [0.5, 0.6) is 11.5 Å². The zero-order chi connectivity index (χ0) is 24.4. The van der Waals surface area contributed by atoms with Crippen LogP contribution in [0.4, 0.5) is 5.82 Å². The zero-order valence-corrected chi connectivity index (χ0v) is 20.2. The number of ether oxygens (including phenoxy) is 2. The van der Waals surface area contributed by atoms with Gasteiger partial charge in [0.15, 0.2) is 0 Å². The van der Waals surface area contributed by atoms with Crippen molar-refractivity contribution in [1.82, 2.24) is 9.97 Å². The Balaban J connectivity index is 1.38. The average Bonchev–Trinajstić information content (AvgIpc) is 3.48. The lowest BCUT2D eigenvalue weighted by Gasteiger charge is -2.16. The Morgan fingerprint density at radius 3 is 2.80 bits per heavy atom. The number of aromatic nitrogens is 2. The van der Waals surface area contributed by atoms with Crippen LogP contribution in [0, 0.1) is 6.92 Å². The molecular formula is C27H25N3O4S. The third-order valence-corrected chi connectivity index (χ3v) is 7.12. The van der Waals surface area contributed by atoms with Gasteiger partial charge < -0.3 is 24.9 Å². The lowest BCUT2D eigenvalue weighted by molar-refractivity contribution is -0.105. The molecule has 5 rings (SSSR count). The molecule has 3 aromatic heterocycles. The van der Waals surface area contributed by atoms with Crippen molar-refractivity contribution in [3.63, 3.8) is 0 Å². The molecule has 8 heteroatoms. The minimum atomic E-state index is -0.734. The van der Waals surface area contributed by atoms with E-state index in [9.17, 15) is 9.90 Å². The van der Waals surface area contributed by atoms with Crippen LogP contribution in [-0.2, 0) is 11.2 Å². The smallest absolute Gasteiger partial charge is 0.212 e. The maximum absolute atomic E-state index is 10.9. The summed E-state index contributed by atoms with van der Waals surface area (Å²) in [5.74, 6) is 2.06. The van der Waals surface area contributed by atoms with Crippen LogP contribution >= 0.6 is 11.3 Å². The molecule has 0 saturated carbocycles. The quantitative estimate of drug-likeness (QED) is 0.245. The molecule has 0 aliphatic carbocycles. The first kappa shape index (κ1) is 22.9. The number of pyridine rings is 1. The Morgan fingerprint density at radius 1 is 1.14 bits per heavy atom. The first-order valence-electron chi connectivity index (χ1n) is 11.2. The topological polar surface area (TPSA) is 96.5 Å². The number of hydrogen-bond acceptors (Lipinski definition) is 6. The number of methoxy groups -OCH3 is 1. The predicted octanol–water partition coefficient (Wildman–Crippen LogP) is 5.31. The summed E-state index contributed by atoms with van der Waals surface area (Å²) in [4.78, 5) is 19.5. The fourth-order valence-corrected chi connectivity index (χ4v) is 5.44. The maximum Gasteiger partial charge on any atom is 0.212 e. The van der Waals surface area contributed by atoms with Crippen molar-refractivity contribution in [2.24, 2.45) is 0 Å². The molecule has 0 radical (unpaired) electrons. The Kier molecular flexibility index (Phi) is 6.39. The van der Waals surface area contributed by atoms with E-state index in [4.69, 9.17) is 9.47 Å². The lowest BCUT2D eigenvalue weighted by atomic mass is 9.99. The van der Waals surface area contributed by atoms with Crippen molar-refractivity contribution >= 4 is 44.6 Å². The number of fused-ring (bicyclic) bond motifs is 2. The normalized spacial score (nSPS) is 12.1. The fourth-order valence-electron chi connectivity index (χ4n) is 4.31. The Hall–Kier alpha value is -3.88. The van der Waals surface area contributed by atoms with E-state index in [0.717, 1.165) is 48.4 Å². The van der Waals surface area contributed by atoms with Gasteiger partial charge in [0, 0.05) is 38.7 Å². The molecule has 5 aromatic rings. The van der Waals surface area contributed by atoms with Crippen LogP contribution in [0.2, 0.25) is 0 Å². The molecule has 0 saturated heterocycles. The van der Waals surface area contributed by atoms with Crippen LogP contribution < -0.4 is 14.8 Å². The highest BCUT2D eigenvalue weighted by Crippen LogP contribution is 2.39. The van der Waals surface area contributed by atoms with E-state index in [0.29, 0.717) is 24.4 Å². The van der Waals surface area contributed by atoms with Gasteiger partial charge in [0.25, 0.3) is 0 Å². The third-order valence-electron chi connectivity index (χ3n) is 5.99. The highest BCUT2D eigenvalue weighted by molar-refractivity contribution is 7.22. The maximum atomic E-state index is 10.9. The van der Waals surface area contributed by atoms with Gasteiger partial charge in [-0.05, 0) is 60.5 Å².